The quantitative estimate of drug-likeness (QED) is 0.101. The maximum absolute atomic E-state index is 14.1. The molecule has 1 heterocycles. The molecular formula is C31H32F3N5O5. The lowest BCUT2D eigenvalue weighted by Gasteiger charge is -2.34. The Hall–Kier alpha value is -5.20. The van der Waals surface area contributed by atoms with Crippen LogP contribution >= 0.6 is 0 Å². The molecule has 0 aliphatic carbocycles. The maximum atomic E-state index is 14.1. The van der Waals surface area contributed by atoms with E-state index in [0.29, 0.717) is 22.0 Å². The minimum absolute atomic E-state index is 0.119. The van der Waals surface area contributed by atoms with Crippen molar-refractivity contribution in [1.29, 1.82) is 0 Å². The Morgan fingerprint density at radius 3 is 2.43 bits per heavy atom. The summed E-state index contributed by atoms with van der Waals surface area (Å²) >= 11 is 0. The molecule has 0 aliphatic heterocycles. The van der Waals surface area contributed by atoms with Gasteiger partial charge in [0.05, 0.1) is 12.7 Å². The highest BCUT2D eigenvalue weighted by molar-refractivity contribution is 5.95. The molecule has 1 aromatic heterocycles. The van der Waals surface area contributed by atoms with Crippen LogP contribution in [0.5, 0.6) is 11.5 Å². The van der Waals surface area contributed by atoms with Crippen LogP contribution in [0.25, 0.3) is 10.8 Å². The molecule has 0 spiro atoms. The molecular weight excluding hydrogens is 579 g/mol. The molecule has 6 N–H and O–H groups in total. The zero-order valence-electron chi connectivity index (χ0n) is 24.2. The molecule has 4 aromatic rings. The number of carbonyl (C=O) groups is 2. The Kier molecular flexibility index (Phi) is 9.36. The number of pyridine rings is 1. The molecule has 1 amide bonds. The number of hydrogen-bond acceptors (Lipinski definition) is 9. The first-order valence-corrected chi connectivity index (χ1v) is 13.6. The number of amides is 1. The summed E-state index contributed by atoms with van der Waals surface area (Å²) in [5.74, 6) is -3.08. The van der Waals surface area contributed by atoms with E-state index < -0.39 is 23.8 Å². The van der Waals surface area contributed by atoms with Crippen molar-refractivity contribution in [3.8, 4) is 11.5 Å². The van der Waals surface area contributed by atoms with E-state index in [1.807, 2.05) is 0 Å². The zero-order valence-corrected chi connectivity index (χ0v) is 24.2. The molecule has 10 nitrogen and oxygen atoms in total. The number of anilines is 3. The summed E-state index contributed by atoms with van der Waals surface area (Å²) in [6.45, 7) is 5.29. The van der Waals surface area contributed by atoms with Gasteiger partial charge in [-0.25, -0.2) is 9.78 Å². The van der Waals surface area contributed by atoms with Gasteiger partial charge in [-0.2, -0.15) is 13.2 Å². The third-order valence-corrected chi connectivity index (χ3v) is 6.33. The fourth-order valence-corrected chi connectivity index (χ4v) is 4.43. The average molecular weight is 612 g/mol. The van der Waals surface area contributed by atoms with Crippen LogP contribution < -0.4 is 31.6 Å². The van der Waals surface area contributed by atoms with Crippen LogP contribution in [0.2, 0.25) is 0 Å². The SMILES string of the molecule is CCOc1cc(C(Nc2ccc3c(N)nccc3c2)(OC(=O)C(F)(F)F)C(=O)NCc2cccc(N)c2)ccc1OC(C)C. The largest absolute Gasteiger partial charge is 0.491 e. The average Bonchev–Trinajstić information content (AvgIpc) is 2.96. The molecule has 0 bridgehead atoms. The first-order valence-electron chi connectivity index (χ1n) is 13.6. The number of benzene rings is 3. The summed E-state index contributed by atoms with van der Waals surface area (Å²) in [4.78, 5) is 30.6. The third kappa shape index (κ3) is 7.22. The van der Waals surface area contributed by atoms with Crippen LogP contribution in [-0.4, -0.2) is 35.7 Å². The predicted octanol–water partition coefficient (Wildman–Crippen LogP) is 5.27. The van der Waals surface area contributed by atoms with Crippen LogP contribution in [0, 0.1) is 0 Å². The topological polar surface area (TPSA) is 151 Å². The summed E-state index contributed by atoms with van der Waals surface area (Å²) in [7, 11) is 0. The van der Waals surface area contributed by atoms with Gasteiger partial charge in [0.1, 0.15) is 5.82 Å². The number of nitrogens with zero attached hydrogens (tertiary/aromatic N) is 1. The molecule has 1 unspecified atom stereocenters. The Labute approximate surface area is 251 Å². The summed E-state index contributed by atoms with van der Waals surface area (Å²) in [6.07, 6.45) is -4.25. The molecule has 3 aromatic carbocycles. The number of carbonyl (C=O) groups excluding carboxylic acids is 2. The number of rotatable bonds is 11. The van der Waals surface area contributed by atoms with Crippen molar-refractivity contribution in [2.45, 2.75) is 45.3 Å². The lowest BCUT2D eigenvalue weighted by Crippen LogP contribution is -2.54. The van der Waals surface area contributed by atoms with E-state index in [-0.39, 0.29) is 47.8 Å². The number of aromatic nitrogens is 1. The highest BCUT2D eigenvalue weighted by Crippen LogP contribution is 2.38. The van der Waals surface area contributed by atoms with Crippen molar-refractivity contribution < 1.29 is 37.0 Å². The first-order chi connectivity index (χ1) is 20.8. The maximum Gasteiger partial charge on any atom is 0.491 e. The number of alkyl halides is 3. The Balaban J connectivity index is 1.90. The second kappa shape index (κ2) is 13.0. The fraction of sp³-hybridized carbons (Fsp3) is 0.258. The van der Waals surface area contributed by atoms with Crippen molar-refractivity contribution in [3.05, 3.63) is 84.1 Å². The van der Waals surface area contributed by atoms with Gasteiger partial charge in [-0.1, -0.05) is 12.1 Å². The van der Waals surface area contributed by atoms with Gasteiger partial charge < -0.3 is 36.3 Å². The molecule has 0 saturated carbocycles. The van der Waals surface area contributed by atoms with Crippen LogP contribution in [0.3, 0.4) is 0 Å². The van der Waals surface area contributed by atoms with Gasteiger partial charge in [0.2, 0.25) is 0 Å². The molecule has 13 heteroatoms. The lowest BCUT2D eigenvalue weighted by molar-refractivity contribution is -0.213. The van der Waals surface area contributed by atoms with E-state index in [9.17, 15) is 22.8 Å². The van der Waals surface area contributed by atoms with Crippen molar-refractivity contribution in [2.24, 2.45) is 0 Å². The summed E-state index contributed by atoms with van der Waals surface area (Å²) < 4.78 is 57.8. The zero-order chi connectivity index (χ0) is 32.1. The number of nitrogen functional groups attached to an aromatic ring is 2. The van der Waals surface area contributed by atoms with E-state index >= 15 is 0 Å². The Bertz CT molecular complexity index is 1660. The van der Waals surface area contributed by atoms with Gasteiger partial charge in [0.15, 0.2) is 11.5 Å². The molecule has 0 radical (unpaired) electrons. The van der Waals surface area contributed by atoms with Gasteiger partial charge in [-0.15, -0.1) is 0 Å². The van der Waals surface area contributed by atoms with E-state index in [4.69, 9.17) is 25.7 Å². The van der Waals surface area contributed by atoms with Crippen molar-refractivity contribution >= 4 is 39.8 Å². The van der Waals surface area contributed by atoms with Crippen LogP contribution in [-0.2, 0) is 26.6 Å². The highest BCUT2D eigenvalue weighted by atomic mass is 19.4. The van der Waals surface area contributed by atoms with Gasteiger partial charge in [0, 0.05) is 35.1 Å². The van der Waals surface area contributed by atoms with E-state index in [2.05, 4.69) is 15.6 Å². The molecule has 4 rings (SSSR count). The second-order valence-electron chi connectivity index (χ2n) is 10.0. The van der Waals surface area contributed by atoms with E-state index in [0.717, 1.165) is 0 Å². The van der Waals surface area contributed by atoms with Crippen LogP contribution in [0.15, 0.2) is 72.9 Å². The summed E-state index contributed by atoms with van der Waals surface area (Å²) in [6, 6.07) is 16.8. The van der Waals surface area contributed by atoms with Crippen molar-refractivity contribution in [2.75, 3.05) is 23.4 Å². The normalized spacial score (nSPS) is 12.8. The molecule has 0 fully saturated rings. The van der Waals surface area contributed by atoms with Gasteiger partial charge in [-0.05, 0) is 86.3 Å². The molecule has 0 aliphatic rings. The number of ether oxygens (including phenoxy) is 3. The fourth-order valence-electron chi connectivity index (χ4n) is 4.43. The van der Waals surface area contributed by atoms with E-state index in [1.165, 1.54) is 36.5 Å². The summed E-state index contributed by atoms with van der Waals surface area (Å²) in [5.41, 5.74) is 9.99. The third-order valence-electron chi connectivity index (χ3n) is 6.33. The number of esters is 1. The van der Waals surface area contributed by atoms with Gasteiger partial charge >= 0.3 is 12.1 Å². The summed E-state index contributed by atoms with van der Waals surface area (Å²) in [5, 5.41) is 6.48. The van der Waals surface area contributed by atoms with Crippen LogP contribution in [0.1, 0.15) is 31.9 Å². The van der Waals surface area contributed by atoms with Crippen LogP contribution in [0.4, 0.5) is 30.4 Å². The van der Waals surface area contributed by atoms with Crippen molar-refractivity contribution in [3.63, 3.8) is 0 Å². The predicted molar refractivity (Wildman–Crippen MR) is 160 cm³/mol. The first kappa shape index (κ1) is 31.7. The molecule has 232 valence electrons. The monoisotopic (exact) mass is 611 g/mol. The molecule has 44 heavy (non-hydrogen) atoms. The van der Waals surface area contributed by atoms with Crippen molar-refractivity contribution in [1.82, 2.24) is 10.3 Å². The Morgan fingerprint density at radius 2 is 1.75 bits per heavy atom. The number of hydrogen-bond donors (Lipinski definition) is 4. The van der Waals surface area contributed by atoms with E-state index in [1.54, 1.807) is 57.2 Å². The number of nitrogens with two attached hydrogens (primary N) is 2. The number of nitrogens with one attached hydrogen (secondary N) is 2. The Morgan fingerprint density at radius 1 is 0.977 bits per heavy atom. The smallest absolute Gasteiger partial charge is 0.490 e. The number of halogens is 3. The molecule has 1 atom stereocenters. The van der Waals surface area contributed by atoms with Gasteiger partial charge in [0.25, 0.3) is 11.6 Å². The second-order valence-corrected chi connectivity index (χ2v) is 10.0. The minimum atomic E-state index is -5.44. The standard InChI is InChI=1S/C31H32F3N5O5/c1-4-42-26-16-21(8-11-25(26)43-18(2)3)30(44-29(41)31(32,33)34,28(40)38-17-19-6-5-7-22(35)14-19)39-23-9-10-24-20(15-23)12-13-37-27(24)36/h5-16,18,39H,4,17,35H2,1-3H3,(H2,36,37)(H,38,40). The molecule has 0 saturated heterocycles. The van der Waals surface area contributed by atoms with Gasteiger partial charge in [-0.3, -0.25) is 4.79 Å². The number of fused-ring (bicyclic) bond motifs is 1. The lowest BCUT2D eigenvalue weighted by atomic mass is 9.99. The minimum Gasteiger partial charge on any atom is -0.490 e. The highest BCUT2D eigenvalue weighted by Gasteiger charge is 2.52.